The Hall–Kier alpha value is -1.42. The van der Waals surface area contributed by atoms with Gasteiger partial charge in [-0.2, -0.15) is 5.10 Å². The summed E-state index contributed by atoms with van der Waals surface area (Å²) in [4.78, 5) is 0. The van der Waals surface area contributed by atoms with Gasteiger partial charge in [0.2, 0.25) is 0 Å². The average Bonchev–Trinajstić information content (AvgIpc) is 2.53. The summed E-state index contributed by atoms with van der Waals surface area (Å²) in [5.41, 5.74) is 7.28. The van der Waals surface area contributed by atoms with E-state index in [1.54, 1.807) is 6.07 Å². The van der Waals surface area contributed by atoms with Crippen LogP contribution in [0.3, 0.4) is 0 Å². The van der Waals surface area contributed by atoms with Crippen molar-refractivity contribution in [3.05, 3.63) is 29.7 Å². The van der Waals surface area contributed by atoms with Gasteiger partial charge in [0.1, 0.15) is 5.82 Å². The molecule has 0 aliphatic rings. The lowest BCUT2D eigenvalue weighted by Gasteiger charge is -2.01. The number of hydrogen-bond donors (Lipinski definition) is 1. The topological polar surface area (TPSA) is 43.8 Å². The first kappa shape index (κ1) is 10.1. The first-order valence-electron chi connectivity index (χ1n) is 5.05. The van der Waals surface area contributed by atoms with E-state index < -0.39 is 0 Å². The van der Waals surface area contributed by atoms with Crippen molar-refractivity contribution in [2.45, 2.75) is 19.9 Å². The van der Waals surface area contributed by atoms with Gasteiger partial charge in [-0.1, -0.05) is 0 Å². The number of nitrogens with zero attached hydrogens (tertiary/aromatic N) is 2. The number of benzene rings is 1. The molecule has 0 bridgehead atoms. The van der Waals surface area contributed by atoms with Gasteiger partial charge in [-0.15, -0.1) is 0 Å². The van der Waals surface area contributed by atoms with Crippen LogP contribution in [0.25, 0.3) is 10.9 Å². The Morgan fingerprint density at radius 1 is 1.47 bits per heavy atom. The highest BCUT2D eigenvalue weighted by Crippen LogP contribution is 2.18. The van der Waals surface area contributed by atoms with Gasteiger partial charge in [0.05, 0.1) is 5.52 Å². The minimum atomic E-state index is -0.219. The largest absolute Gasteiger partial charge is 0.330 e. The summed E-state index contributed by atoms with van der Waals surface area (Å²) in [6, 6.07) is 4.66. The highest BCUT2D eigenvalue weighted by atomic mass is 19.1. The van der Waals surface area contributed by atoms with Crippen LogP contribution in [0.5, 0.6) is 0 Å². The van der Waals surface area contributed by atoms with E-state index in [0.29, 0.717) is 6.54 Å². The standard InChI is InChI=1S/C11H14FN3/c1-8-10-7-9(12)3-4-11(10)14-15(8)6-2-5-13/h3-4,7H,2,5-6,13H2,1H3. The van der Waals surface area contributed by atoms with Crippen molar-refractivity contribution in [3.63, 3.8) is 0 Å². The minimum absolute atomic E-state index is 0.219. The van der Waals surface area contributed by atoms with Crippen LogP contribution in [-0.4, -0.2) is 16.3 Å². The zero-order valence-electron chi connectivity index (χ0n) is 8.70. The molecule has 1 aromatic heterocycles. The highest BCUT2D eigenvalue weighted by molar-refractivity contribution is 5.81. The monoisotopic (exact) mass is 207 g/mol. The predicted octanol–water partition coefficient (Wildman–Crippen LogP) is 1.83. The van der Waals surface area contributed by atoms with Gasteiger partial charge in [0, 0.05) is 17.6 Å². The van der Waals surface area contributed by atoms with Gasteiger partial charge in [-0.05, 0) is 38.1 Å². The molecule has 0 saturated carbocycles. The molecule has 2 aromatic rings. The molecule has 0 spiro atoms. The molecule has 0 aliphatic heterocycles. The van der Waals surface area contributed by atoms with E-state index in [1.165, 1.54) is 12.1 Å². The molecule has 0 saturated heterocycles. The van der Waals surface area contributed by atoms with Crippen molar-refractivity contribution in [1.82, 2.24) is 9.78 Å². The van der Waals surface area contributed by atoms with Crippen molar-refractivity contribution in [2.75, 3.05) is 6.54 Å². The lowest BCUT2D eigenvalue weighted by Crippen LogP contribution is -2.07. The van der Waals surface area contributed by atoms with E-state index in [0.717, 1.165) is 29.6 Å². The van der Waals surface area contributed by atoms with Gasteiger partial charge < -0.3 is 5.73 Å². The van der Waals surface area contributed by atoms with Crippen LogP contribution in [0.2, 0.25) is 0 Å². The number of aryl methyl sites for hydroxylation is 2. The Morgan fingerprint density at radius 2 is 2.27 bits per heavy atom. The molecule has 0 atom stereocenters. The molecule has 1 aromatic carbocycles. The highest BCUT2D eigenvalue weighted by Gasteiger charge is 2.07. The quantitative estimate of drug-likeness (QED) is 0.834. The van der Waals surface area contributed by atoms with Crippen LogP contribution >= 0.6 is 0 Å². The SMILES string of the molecule is Cc1c2cc(F)ccc2nn1CCCN. The number of hydrogen-bond acceptors (Lipinski definition) is 2. The number of fused-ring (bicyclic) bond motifs is 1. The van der Waals surface area contributed by atoms with E-state index in [1.807, 2.05) is 11.6 Å². The zero-order chi connectivity index (χ0) is 10.8. The predicted molar refractivity (Wildman–Crippen MR) is 58.1 cm³/mol. The maximum Gasteiger partial charge on any atom is 0.124 e. The summed E-state index contributed by atoms with van der Waals surface area (Å²) >= 11 is 0. The Labute approximate surface area is 87.7 Å². The fraction of sp³-hybridized carbons (Fsp3) is 0.364. The summed E-state index contributed by atoms with van der Waals surface area (Å²) in [6.45, 7) is 3.38. The lowest BCUT2D eigenvalue weighted by atomic mass is 10.2. The summed E-state index contributed by atoms with van der Waals surface area (Å²) in [5.74, 6) is -0.219. The third-order valence-corrected chi connectivity index (χ3v) is 2.54. The maximum atomic E-state index is 13.0. The van der Waals surface area contributed by atoms with E-state index in [2.05, 4.69) is 5.10 Å². The molecule has 80 valence electrons. The number of aromatic nitrogens is 2. The third-order valence-electron chi connectivity index (χ3n) is 2.54. The molecule has 0 radical (unpaired) electrons. The van der Waals surface area contributed by atoms with E-state index in [4.69, 9.17) is 5.73 Å². The summed E-state index contributed by atoms with van der Waals surface area (Å²) in [7, 11) is 0. The third kappa shape index (κ3) is 1.85. The second kappa shape index (κ2) is 3.98. The molecule has 2 rings (SSSR count). The van der Waals surface area contributed by atoms with Crippen LogP contribution in [0.4, 0.5) is 4.39 Å². The summed E-state index contributed by atoms with van der Waals surface area (Å²) < 4.78 is 14.9. The second-order valence-electron chi connectivity index (χ2n) is 3.61. The second-order valence-corrected chi connectivity index (χ2v) is 3.61. The molecule has 2 N–H and O–H groups in total. The Bertz CT molecular complexity index is 476. The van der Waals surface area contributed by atoms with E-state index in [-0.39, 0.29) is 5.82 Å². The average molecular weight is 207 g/mol. The summed E-state index contributed by atoms with van der Waals surface area (Å²) in [6.07, 6.45) is 0.886. The van der Waals surface area contributed by atoms with Crippen LogP contribution < -0.4 is 5.73 Å². The van der Waals surface area contributed by atoms with Crippen molar-refractivity contribution in [1.29, 1.82) is 0 Å². The molecular weight excluding hydrogens is 193 g/mol. The fourth-order valence-electron chi connectivity index (χ4n) is 1.69. The fourth-order valence-corrected chi connectivity index (χ4v) is 1.69. The van der Waals surface area contributed by atoms with Crippen LogP contribution in [-0.2, 0) is 6.54 Å². The van der Waals surface area contributed by atoms with Crippen LogP contribution in [0.15, 0.2) is 18.2 Å². The van der Waals surface area contributed by atoms with Gasteiger partial charge in [0.25, 0.3) is 0 Å². The Kier molecular flexibility index (Phi) is 2.68. The zero-order valence-corrected chi connectivity index (χ0v) is 8.70. The molecule has 3 nitrogen and oxygen atoms in total. The molecule has 0 aliphatic carbocycles. The van der Waals surface area contributed by atoms with Gasteiger partial charge in [-0.3, -0.25) is 4.68 Å². The van der Waals surface area contributed by atoms with E-state index in [9.17, 15) is 4.39 Å². The van der Waals surface area contributed by atoms with E-state index >= 15 is 0 Å². The Morgan fingerprint density at radius 3 is 3.00 bits per heavy atom. The number of halogens is 1. The molecule has 4 heteroatoms. The van der Waals surface area contributed by atoms with Gasteiger partial charge in [0.15, 0.2) is 0 Å². The van der Waals surface area contributed by atoms with Crippen molar-refractivity contribution in [2.24, 2.45) is 5.73 Å². The van der Waals surface area contributed by atoms with Gasteiger partial charge in [-0.25, -0.2) is 4.39 Å². The Balaban J connectivity index is 2.45. The molecule has 15 heavy (non-hydrogen) atoms. The van der Waals surface area contributed by atoms with Crippen LogP contribution in [0, 0.1) is 12.7 Å². The maximum absolute atomic E-state index is 13.0. The molecule has 0 fully saturated rings. The number of rotatable bonds is 3. The number of nitrogens with two attached hydrogens (primary N) is 1. The normalized spacial score (nSPS) is 11.1. The first-order chi connectivity index (χ1) is 7.22. The summed E-state index contributed by atoms with van der Waals surface area (Å²) in [5, 5.41) is 5.27. The first-order valence-corrected chi connectivity index (χ1v) is 5.05. The van der Waals surface area contributed by atoms with Crippen molar-refractivity contribution < 1.29 is 4.39 Å². The lowest BCUT2D eigenvalue weighted by molar-refractivity contribution is 0.576. The molecular formula is C11H14FN3. The molecule has 0 amide bonds. The minimum Gasteiger partial charge on any atom is -0.330 e. The molecule has 0 unspecified atom stereocenters. The van der Waals surface area contributed by atoms with Crippen molar-refractivity contribution >= 4 is 10.9 Å². The van der Waals surface area contributed by atoms with Crippen molar-refractivity contribution in [3.8, 4) is 0 Å². The smallest absolute Gasteiger partial charge is 0.124 e. The van der Waals surface area contributed by atoms with Gasteiger partial charge >= 0.3 is 0 Å². The van der Waals surface area contributed by atoms with Crippen LogP contribution in [0.1, 0.15) is 12.1 Å². The molecule has 1 heterocycles.